The van der Waals surface area contributed by atoms with Gasteiger partial charge in [-0.05, 0) is 37.3 Å². The Kier molecular flexibility index (Phi) is 2.01. The van der Waals surface area contributed by atoms with Gasteiger partial charge in [0.05, 0.1) is 0 Å². The Morgan fingerprint density at radius 1 is 1.27 bits per heavy atom. The number of nitrogens with one attached hydrogen (secondary N) is 1. The van der Waals surface area contributed by atoms with Gasteiger partial charge in [0.15, 0.2) is 11.0 Å². The summed E-state index contributed by atoms with van der Waals surface area (Å²) < 4.78 is 2.42. The highest BCUT2D eigenvalue weighted by Crippen LogP contribution is 2.31. The van der Waals surface area contributed by atoms with Gasteiger partial charge in [-0.2, -0.15) is 0 Å². The lowest BCUT2D eigenvalue weighted by atomic mass is 10.1. The third-order valence-electron chi connectivity index (χ3n) is 3.60. The Hall–Kier alpha value is -1.31. The molecule has 1 N–H and O–H groups in total. The van der Waals surface area contributed by atoms with Crippen molar-refractivity contribution in [3.8, 4) is 0 Å². The molecule has 1 saturated carbocycles. The molecule has 0 bridgehead atoms. The van der Waals surface area contributed by atoms with E-state index in [4.69, 9.17) is 0 Å². The fourth-order valence-corrected chi connectivity index (χ4v) is 2.76. The average Bonchev–Trinajstić information content (AvgIpc) is 2.83. The maximum absolute atomic E-state index is 3.34. The maximum Gasteiger partial charge on any atom is 0.242 e. The van der Waals surface area contributed by atoms with E-state index in [0.29, 0.717) is 6.04 Å². The highest BCUT2D eigenvalue weighted by atomic mass is 15.1. The Balaban J connectivity index is 2.04. The molecule has 78 valence electrons. The lowest BCUT2D eigenvalue weighted by Crippen LogP contribution is -2.36. The molecule has 0 radical (unpaired) electrons. The SMILES string of the molecule is CC1CCC([n+]2c[nH]c3ccccc32)C1. The summed E-state index contributed by atoms with van der Waals surface area (Å²) in [5, 5.41) is 0. The number of hydrogen-bond acceptors (Lipinski definition) is 0. The summed E-state index contributed by atoms with van der Waals surface area (Å²) in [6.07, 6.45) is 6.16. The van der Waals surface area contributed by atoms with Gasteiger partial charge in [0.1, 0.15) is 6.04 Å². The summed E-state index contributed by atoms with van der Waals surface area (Å²) in [5.74, 6) is 0.885. The van der Waals surface area contributed by atoms with Crippen molar-refractivity contribution in [1.82, 2.24) is 4.98 Å². The Bertz CT molecular complexity index is 472. The molecule has 1 aromatic heterocycles. The zero-order chi connectivity index (χ0) is 10.3. The highest BCUT2D eigenvalue weighted by molar-refractivity contribution is 5.70. The van der Waals surface area contributed by atoms with E-state index < -0.39 is 0 Å². The van der Waals surface area contributed by atoms with Crippen LogP contribution in [0.15, 0.2) is 30.6 Å². The third-order valence-corrected chi connectivity index (χ3v) is 3.60. The van der Waals surface area contributed by atoms with Crippen LogP contribution >= 0.6 is 0 Å². The Morgan fingerprint density at radius 3 is 2.93 bits per heavy atom. The molecule has 2 nitrogen and oxygen atoms in total. The Morgan fingerprint density at radius 2 is 2.13 bits per heavy atom. The highest BCUT2D eigenvalue weighted by Gasteiger charge is 2.27. The van der Waals surface area contributed by atoms with Crippen LogP contribution in [0.25, 0.3) is 11.0 Å². The van der Waals surface area contributed by atoms with E-state index in [-0.39, 0.29) is 0 Å². The number of imidazole rings is 1. The number of aromatic amines is 1. The number of fused-ring (bicyclic) bond motifs is 1. The summed E-state index contributed by atoms with van der Waals surface area (Å²) in [5.41, 5.74) is 2.59. The summed E-state index contributed by atoms with van der Waals surface area (Å²) in [7, 11) is 0. The minimum Gasteiger partial charge on any atom is -0.243 e. The van der Waals surface area contributed by atoms with Crippen molar-refractivity contribution in [1.29, 1.82) is 0 Å². The van der Waals surface area contributed by atoms with Crippen LogP contribution in [0.4, 0.5) is 0 Å². The number of benzene rings is 1. The minimum atomic E-state index is 0.705. The Labute approximate surface area is 89.9 Å². The van der Waals surface area contributed by atoms with Crippen molar-refractivity contribution in [3.05, 3.63) is 30.6 Å². The van der Waals surface area contributed by atoms with Gasteiger partial charge in [0.2, 0.25) is 6.33 Å². The molecule has 0 spiro atoms. The fourth-order valence-electron chi connectivity index (χ4n) is 2.76. The molecule has 0 saturated heterocycles. The first-order chi connectivity index (χ1) is 7.34. The predicted octanol–water partition coefficient (Wildman–Crippen LogP) is 2.82. The molecular weight excluding hydrogens is 184 g/mol. The van der Waals surface area contributed by atoms with Gasteiger partial charge in [-0.25, -0.2) is 9.55 Å². The summed E-state index contributed by atoms with van der Waals surface area (Å²) in [6.45, 7) is 2.36. The van der Waals surface area contributed by atoms with Gasteiger partial charge in [0.25, 0.3) is 0 Å². The second-order valence-electron chi connectivity index (χ2n) is 4.77. The van der Waals surface area contributed by atoms with E-state index in [1.54, 1.807) is 0 Å². The second-order valence-corrected chi connectivity index (χ2v) is 4.77. The monoisotopic (exact) mass is 201 g/mol. The quantitative estimate of drug-likeness (QED) is 0.684. The van der Waals surface area contributed by atoms with Gasteiger partial charge < -0.3 is 0 Å². The van der Waals surface area contributed by atoms with Crippen LogP contribution in [0.1, 0.15) is 32.2 Å². The van der Waals surface area contributed by atoms with Gasteiger partial charge in [-0.15, -0.1) is 0 Å². The zero-order valence-electron chi connectivity index (χ0n) is 9.11. The van der Waals surface area contributed by atoms with Crippen molar-refractivity contribution < 1.29 is 4.57 Å². The lowest BCUT2D eigenvalue weighted by molar-refractivity contribution is -0.697. The first-order valence-corrected chi connectivity index (χ1v) is 5.82. The largest absolute Gasteiger partial charge is 0.243 e. The first-order valence-electron chi connectivity index (χ1n) is 5.82. The van der Waals surface area contributed by atoms with Crippen LogP contribution in [0.3, 0.4) is 0 Å². The molecule has 0 aliphatic heterocycles. The van der Waals surface area contributed by atoms with Gasteiger partial charge in [0, 0.05) is 0 Å². The average molecular weight is 201 g/mol. The van der Waals surface area contributed by atoms with Gasteiger partial charge >= 0.3 is 0 Å². The molecule has 2 unspecified atom stereocenters. The molecule has 1 fully saturated rings. The summed E-state index contributed by atoms with van der Waals surface area (Å²) in [6, 6.07) is 9.25. The van der Waals surface area contributed by atoms with Gasteiger partial charge in [-0.1, -0.05) is 19.1 Å². The smallest absolute Gasteiger partial charge is 0.242 e. The number of hydrogen-bond donors (Lipinski definition) is 1. The summed E-state index contributed by atoms with van der Waals surface area (Å²) >= 11 is 0. The van der Waals surface area contributed by atoms with Crippen molar-refractivity contribution in [2.45, 2.75) is 32.2 Å². The van der Waals surface area contributed by atoms with Crippen molar-refractivity contribution >= 4 is 11.0 Å². The van der Waals surface area contributed by atoms with Gasteiger partial charge in [-0.3, -0.25) is 0 Å². The maximum atomic E-state index is 3.34. The molecule has 3 rings (SSSR count). The molecule has 1 aromatic carbocycles. The molecule has 1 aliphatic rings. The standard InChI is InChI=1S/C13H16N2/c1-10-6-7-11(8-10)15-9-14-12-4-2-3-5-13(12)15/h2-5,9-11H,6-8H2,1H3/p+1. The molecule has 1 aliphatic carbocycles. The molecule has 15 heavy (non-hydrogen) atoms. The number of rotatable bonds is 1. The normalized spacial score (nSPS) is 26.2. The number of nitrogens with zero attached hydrogens (tertiary/aromatic N) is 1. The van der Waals surface area contributed by atoms with Crippen LogP contribution in [-0.4, -0.2) is 4.98 Å². The number of para-hydroxylation sites is 2. The molecule has 2 atom stereocenters. The number of H-pyrrole nitrogens is 1. The lowest BCUT2D eigenvalue weighted by Gasteiger charge is -2.05. The van der Waals surface area contributed by atoms with E-state index in [1.165, 1.54) is 30.3 Å². The molecule has 2 aromatic rings. The van der Waals surface area contributed by atoms with Crippen LogP contribution in [0.2, 0.25) is 0 Å². The van der Waals surface area contributed by atoms with Crippen molar-refractivity contribution in [3.63, 3.8) is 0 Å². The molecule has 0 amide bonds. The topological polar surface area (TPSA) is 19.7 Å². The van der Waals surface area contributed by atoms with Crippen LogP contribution < -0.4 is 4.57 Å². The second kappa shape index (κ2) is 3.37. The van der Waals surface area contributed by atoms with Crippen LogP contribution in [-0.2, 0) is 0 Å². The molecular formula is C13H17N2+. The number of aromatic nitrogens is 2. The minimum absolute atomic E-state index is 0.705. The summed E-state index contributed by atoms with van der Waals surface area (Å²) in [4.78, 5) is 3.34. The van der Waals surface area contributed by atoms with E-state index in [9.17, 15) is 0 Å². The van der Waals surface area contributed by atoms with Crippen LogP contribution in [0.5, 0.6) is 0 Å². The van der Waals surface area contributed by atoms with E-state index in [2.05, 4.69) is 47.1 Å². The van der Waals surface area contributed by atoms with Crippen molar-refractivity contribution in [2.75, 3.05) is 0 Å². The fraction of sp³-hybridized carbons (Fsp3) is 0.462. The van der Waals surface area contributed by atoms with E-state index >= 15 is 0 Å². The molecule has 2 heteroatoms. The van der Waals surface area contributed by atoms with Crippen molar-refractivity contribution in [2.24, 2.45) is 5.92 Å². The molecule has 1 heterocycles. The predicted molar refractivity (Wildman–Crippen MR) is 60.5 cm³/mol. The van der Waals surface area contributed by atoms with E-state index in [1.807, 2.05) is 0 Å². The van der Waals surface area contributed by atoms with E-state index in [0.717, 1.165) is 5.92 Å². The third kappa shape index (κ3) is 1.44. The van der Waals surface area contributed by atoms with Crippen LogP contribution in [0, 0.1) is 5.92 Å². The zero-order valence-corrected chi connectivity index (χ0v) is 9.11. The first kappa shape index (κ1) is 8.96.